The molecular formula is C17H19ClN2O3. The van der Waals surface area contributed by atoms with Crippen molar-refractivity contribution in [2.45, 2.75) is 25.9 Å². The first-order valence-corrected chi connectivity index (χ1v) is 7.64. The number of likely N-dealkylation sites (N-methyl/N-ethyl adjacent to an activating group) is 1. The average molecular weight is 335 g/mol. The number of amides is 2. The van der Waals surface area contributed by atoms with E-state index >= 15 is 0 Å². The summed E-state index contributed by atoms with van der Waals surface area (Å²) in [6.07, 6.45) is 1.57. The van der Waals surface area contributed by atoms with Crippen LogP contribution in [0.5, 0.6) is 0 Å². The van der Waals surface area contributed by atoms with Gasteiger partial charge in [0.1, 0.15) is 11.8 Å². The molecule has 1 N–H and O–H groups in total. The molecular weight excluding hydrogens is 316 g/mol. The lowest BCUT2D eigenvalue weighted by atomic mass is 10.1. The van der Waals surface area contributed by atoms with Crippen molar-refractivity contribution in [1.82, 2.24) is 10.2 Å². The van der Waals surface area contributed by atoms with Crippen molar-refractivity contribution in [3.8, 4) is 0 Å². The van der Waals surface area contributed by atoms with Crippen molar-refractivity contribution < 1.29 is 14.0 Å². The summed E-state index contributed by atoms with van der Waals surface area (Å²) >= 11 is 5.80. The van der Waals surface area contributed by atoms with E-state index < -0.39 is 6.04 Å². The Kier molecular flexibility index (Phi) is 5.45. The maximum Gasteiger partial charge on any atom is 0.251 e. The summed E-state index contributed by atoms with van der Waals surface area (Å²) in [5.41, 5.74) is 0.454. The lowest BCUT2D eigenvalue weighted by Crippen LogP contribution is -2.46. The van der Waals surface area contributed by atoms with Crippen molar-refractivity contribution in [2.24, 2.45) is 0 Å². The highest BCUT2D eigenvalue weighted by molar-refractivity contribution is 6.30. The van der Waals surface area contributed by atoms with Gasteiger partial charge in [0.15, 0.2) is 0 Å². The van der Waals surface area contributed by atoms with Crippen LogP contribution in [0.4, 0.5) is 0 Å². The van der Waals surface area contributed by atoms with Crippen molar-refractivity contribution in [2.75, 3.05) is 7.05 Å². The Balaban J connectivity index is 1.99. The van der Waals surface area contributed by atoms with Crippen LogP contribution in [0.3, 0.4) is 0 Å². The van der Waals surface area contributed by atoms with E-state index in [2.05, 4.69) is 5.32 Å². The summed E-state index contributed by atoms with van der Waals surface area (Å²) in [7, 11) is 1.68. The minimum atomic E-state index is -0.652. The number of carbonyl (C=O) groups excluding carboxylic acids is 2. The summed E-state index contributed by atoms with van der Waals surface area (Å²) in [5.74, 6) is 0.176. The van der Waals surface area contributed by atoms with Gasteiger partial charge in [-0.2, -0.15) is 0 Å². The van der Waals surface area contributed by atoms with Gasteiger partial charge in [-0.25, -0.2) is 0 Å². The zero-order valence-electron chi connectivity index (χ0n) is 13.2. The van der Waals surface area contributed by atoms with Gasteiger partial charge in [-0.05, 0) is 50.2 Å². The van der Waals surface area contributed by atoms with Gasteiger partial charge in [0.05, 0.1) is 12.3 Å². The molecule has 0 aliphatic heterocycles. The molecule has 0 saturated heterocycles. The topological polar surface area (TPSA) is 62.6 Å². The highest BCUT2D eigenvalue weighted by atomic mass is 35.5. The monoisotopic (exact) mass is 334 g/mol. The van der Waals surface area contributed by atoms with Crippen LogP contribution in [0.1, 0.15) is 36.0 Å². The maximum atomic E-state index is 12.4. The average Bonchev–Trinajstić information content (AvgIpc) is 3.07. The molecule has 0 saturated carbocycles. The van der Waals surface area contributed by atoms with E-state index in [0.29, 0.717) is 16.3 Å². The molecule has 2 atom stereocenters. The smallest absolute Gasteiger partial charge is 0.251 e. The molecule has 2 rings (SSSR count). The molecule has 2 aromatic rings. The van der Waals surface area contributed by atoms with Crippen LogP contribution in [0, 0.1) is 0 Å². The molecule has 2 unspecified atom stereocenters. The third-order valence-corrected chi connectivity index (χ3v) is 3.96. The molecule has 5 nitrogen and oxygen atoms in total. The predicted molar refractivity (Wildman–Crippen MR) is 88.3 cm³/mol. The molecule has 0 aliphatic carbocycles. The fourth-order valence-corrected chi connectivity index (χ4v) is 2.29. The summed E-state index contributed by atoms with van der Waals surface area (Å²) in [4.78, 5) is 26.1. The lowest BCUT2D eigenvalue weighted by molar-refractivity contribution is -0.133. The first-order chi connectivity index (χ1) is 10.9. The Labute approximate surface area is 140 Å². The van der Waals surface area contributed by atoms with E-state index in [1.165, 1.54) is 0 Å². The molecule has 2 amide bonds. The highest BCUT2D eigenvalue weighted by Crippen LogP contribution is 2.19. The second-order valence-electron chi connectivity index (χ2n) is 5.34. The maximum absolute atomic E-state index is 12.4. The van der Waals surface area contributed by atoms with Gasteiger partial charge in [-0.15, -0.1) is 0 Å². The molecule has 0 bridgehead atoms. The number of nitrogens with one attached hydrogen (secondary N) is 1. The molecule has 0 fully saturated rings. The Bertz CT molecular complexity index is 668. The zero-order chi connectivity index (χ0) is 17.0. The summed E-state index contributed by atoms with van der Waals surface area (Å²) < 4.78 is 5.31. The van der Waals surface area contributed by atoms with E-state index in [0.717, 1.165) is 0 Å². The van der Waals surface area contributed by atoms with Crippen LogP contribution in [0.25, 0.3) is 0 Å². The van der Waals surface area contributed by atoms with E-state index in [4.69, 9.17) is 16.0 Å². The number of nitrogens with zero attached hydrogens (tertiary/aromatic N) is 1. The number of hydrogen-bond donors (Lipinski definition) is 1. The molecule has 122 valence electrons. The third kappa shape index (κ3) is 4.13. The van der Waals surface area contributed by atoms with E-state index in [9.17, 15) is 9.59 Å². The fourth-order valence-electron chi connectivity index (χ4n) is 2.16. The number of hydrogen-bond acceptors (Lipinski definition) is 3. The van der Waals surface area contributed by atoms with Gasteiger partial charge in [-0.1, -0.05) is 11.6 Å². The Morgan fingerprint density at radius 1 is 1.17 bits per heavy atom. The second kappa shape index (κ2) is 7.33. The first kappa shape index (κ1) is 17.1. The van der Waals surface area contributed by atoms with Crippen molar-refractivity contribution >= 4 is 23.4 Å². The van der Waals surface area contributed by atoms with Crippen molar-refractivity contribution in [3.05, 3.63) is 59.0 Å². The molecule has 0 spiro atoms. The van der Waals surface area contributed by atoms with Gasteiger partial charge < -0.3 is 14.6 Å². The second-order valence-corrected chi connectivity index (χ2v) is 5.78. The Morgan fingerprint density at radius 2 is 1.83 bits per heavy atom. The molecule has 0 aliphatic rings. The standard InChI is InChI=1S/C17H19ClN2O3/c1-11(19-16(21)13-6-8-14(18)9-7-13)17(22)20(3)12(2)15-5-4-10-23-15/h4-12H,1-3H3,(H,19,21). The molecule has 1 aromatic heterocycles. The van der Waals surface area contributed by atoms with Gasteiger partial charge in [0.2, 0.25) is 5.91 Å². The minimum Gasteiger partial charge on any atom is -0.467 e. The number of benzene rings is 1. The minimum absolute atomic E-state index is 0.198. The summed E-state index contributed by atoms with van der Waals surface area (Å²) in [6, 6.07) is 9.21. The molecule has 1 heterocycles. The van der Waals surface area contributed by atoms with Crippen LogP contribution in [-0.4, -0.2) is 29.8 Å². The van der Waals surface area contributed by atoms with Crippen LogP contribution in [0.2, 0.25) is 5.02 Å². The van der Waals surface area contributed by atoms with E-state index in [1.807, 2.05) is 13.0 Å². The van der Waals surface area contributed by atoms with Crippen LogP contribution in [-0.2, 0) is 4.79 Å². The van der Waals surface area contributed by atoms with Crippen molar-refractivity contribution in [1.29, 1.82) is 0 Å². The van der Waals surface area contributed by atoms with Gasteiger partial charge in [0.25, 0.3) is 5.91 Å². The fraction of sp³-hybridized carbons (Fsp3) is 0.294. The van der Waals surface area contributed by atoms with Gasteiger partial charge in [0, 0.05) is 17.6 Å². The molecule has 6 heteroatoms. The SMILES string of the molecule is CC(NC(=O)c1ccc(Cl)cc1)C(=O)N(C)C(C)c1ccco1. The molecule has 23 heavy (non-hydrogen) atoms. The van der Waals surface area contributed by atoms with Gasteiger partial charge in [-0.3, -0.25) is 9.59 Å². The highest BCUT2D eigenvalue weighted by Gasteiger charge is 2.25. The third-order valence-electron chi connectivity index (χ3n) is 3.71. The normalized spacial score (nSPS) is 13.2. The first-order valence-electron chi connectivity index (χ1n) is 7.26. The predicted octanol–water partition coefficient (Wildman–Crippen LogP) is 3.27. The largest absolute Gasteiger partial charge is 0.467 e. The number of halogens is 1. The van der Waals surface area contributed by atoms with Crippen LogP contribution >= 0.6 is 11.6 Å². The molecule has 0 radical (unpaired) electrons. The Hall–Kier alpha value is -2.27. The quantitative estimate of drug-likeness (QED) is 0.912. The van der Waals surface area contributed by atoms with Crippen LogP contribution in [0.15, 0.2) is 47.1 Å². The van der Waals surface area contributed by atoms with Crippen molar-refractivity contribution in [3.63, 3.8) is 0 Å². The number of rotatable bonds is 5. The molecule has 1 aromatic carbocycles. The summed E-state index contributed by atoms with van der Waals surface area (Å²) in [6.45, 7) is 3.52. The van der Waals surface area contributed by atoms with E-state index in [-0.39, 0.29) is 17.9 Å². The van der Waals surface area contributed by atoms with Gasteiger partial charge >= 0.3 is 0 Å². The zero-order valence-corrected chi connectivity index (χ0v) is 14.0. The van der Waals surface area contributed by atoms with Crippen LogP contribution < -0.4 is 5.32 Å². The lowest BCUT2D eigenvalue weighted by Gasteiger charge is -2.26. The van der Waals surface area contributed by atoms with E-state index in [1.54, 1.807) is 55.5 Å². The summed E-state index contributed by atoms with van der Waals surface area (Å²) in [5, 5.41) is 3.25. The Morgan fingerprint density at radius 3 is 2.39 bits per heavy atom. The number of furan rings is 1. The number of carbonyl (C=O) groups is 2.